The van der Waals surface area contributed by atoms with Crippen LogP contribution in [-0.4, -0.2) is 56.7 Å². The molecule has 1 aliphatic carbocycles. The highest BCUT2D eigenvalue weighted by atomic mass is 16.2. The lowest BCUT2D eigenvalue weighted by Gasteiger charge is -2.34. The topological polar surface area (TPSA) is 67.2 Å². The molecule has 0 atom stereocenters. The third-order valence-electron chi connectivity index (χ3n) is 6.04. The summed E-state index contributed by atoms with van der Waals surface area (Å²) in [4.78, 5) is 26.2. The molecule has 5 rings (SSSR count). The maximum atomic E-state index is 13.5. The Morgan fingerprint density at radius 1 is 0.833 bits per heavy atom. The van der Waals surface area contributed by atoms with Crippen LogP contribution in [0.3, 0.4) is 0 Å². The van der Waals surface area contributed by atoms with E-state index in [9.17, 15) is 4.79 Å². The summed E-state index contributed by atoms with van der Waals surface area (Å²) in [6.45, 7) is 2.78. The maximum absolute atomic E-state index is 13.5. The second-order valence-electron chi connectivity index (χ2n) is 7.91. The number of nitrogens with zero attached hydrogens (tertiary/aromatic N) is 6. The summed E-state index contributed by atoms with van der Waals surface area (Å²) >= 11 is 0. The molecule has 0 N–H and O–H groups in total. The van der Waals surface area contributed by atoms with E-state index in [-0.39, 0.29) is 5.91 Å². The molecule has 3 heterocycles. The summed E-state index contributed by atoms with van der Waals surface area (Å²) in [6.07, 6.45) is 8.88. The van der Waals surface area contributed by atoms with Crippen molar-refractivity contribution in [3.05, 3.63) is 65.7 Å². The molecule has 2 aliphatic rings. The number of hydrogen-bond donors (Lipinski definition) is 0. The smallest absolute Gasteiger partial charge is 0.274 e. The molecule has 0 radical (unpaired) electrons. The molecule has 30 heavy (non-hydrogen) atoms. The molecule has 2 aromatic heterocycles. The van der Waals surface area contributed by atoms with E-state index in [1.54, 1.807) is 12.4 Å². The van der Waals surface area contributed by atoms with Crippen LogP contribution in [0.1, 0.15) is 41.0 Å². The molecule has 3 aromatic rings. The maximum Gasteiger partial charge on any atom is 0.274 e. The number of piperazine rings is 1. The Hall–Kier alpha value is -3.22. The lowest BCUT2D eigenvalue weighted by Crippen LogP contribution is -2.49. The van der Waals surface area contributed by atoms with Crippen LogP contribution in [0, 0.1) is 0 Å². The molecule has 0 saturated carbocycles. The van der Waals surface area contributed by atoms with Gasteiger partial charge in [0.15, 0.2) is 5.69 Å². The van der Waals surface area contributed by atoms with E-state index in [0.29, 0.717) is 18.8 Å². The number of hydrogen-bond acceptors (Lipinski definition) is 5. The molecule has 1 aromatic carbocycles. The second kappa shape index (κ2) is 8.26. The van der Waals surface area contributed by atoms with Gasteiger partial charge in [0, 0.05) is 49.8 Å². The van der Waals surface area contributed by atoms with Crippen molar-refractivity contribution < 1.29 is 4.79 Å². The minimum absolute atomic E-state index is 0.0523. The lowest BCUT2D eigenvalue weighted by atomic mass is 10.1. The van der Waals surface area contributed by atoms with Crippen LogP contribution < -0.4 is 4.90 Å². The molecule has 1 saturated heterocycles. The van der Waals surface area contributed by atoms with Crippen molar-refractivity contribution in [2.75, 3.05) is 31.1 Å². The van der Waals surface area contributed by atoms with E-state index in [1.807, 2.05) is 33.8 Å². The molecule has 1 amide bonds. The van der Waals surface area contributed by atoms with Crippen molar-refractivity contribution in [2.45, 2.75) is 32.1 Å². The summed E-state index contributed by atoms with van der Waals surface area (Å²) in [7, 11) is 0. The zero-order valence-corrected chi connectivity index (χ0v) is 17.1. The van der Waals surface area contributed by atoms with Gasteiger partial charge in [-0.15, -0.1) is 0 Å². The Morgan fingerprint density at radius 3 is 2.33 bits per heavy atom. The van der Waals surface area contributed by atoms with Crippen molar-refractivity contribution in [1.29, 1.82) is 0 Å². The van der Waals surface area contributed by atoms with E-state index in [4.69, 9.17) is 5.10 Å². The number of carbonyl (C=O) groups is 1. The molecule has 7 heteroatoms. The van der Waals surface area contributed by atoms with Gasteiger partial charge in [-0.2, -0.15) is 5.10 Å². The number of para-hydroxylation sites is 1. The first-order valence-corrected chi connectivity index (χ1v) is 10.8. The zero-order chi connectivity index (χ0) is 20.3. The van der Waals surface area contributed by atoms with E-state index in [1.165, 1.54) is 12.1 Å². The highest BCUT2D eigenvalue weighted by Crippen LogP contribution is 2.27. The molecule has 1 fully saturated rings. The first kappa shape index (κ1) is 18.8. The molecule has 0 bridgehead atoms. The van der Waals surface area contributed by atoms with Gasteiger partial charge in [-0.3, -0.25) is 4.79 Å². The summed E-state index contributed by atoms with van der Waals surface area (Å²) in [5.74, 6) is 0.781. The van der Waals surface area contributed by atoms with Crippen LogP contribution in [0.2, 0.25) is 0 Å². The van der Waals surface area contributed by atoms with Crippen molar-refractivity contribution in [3.63, 3.8) is 0 Å². The Bertz CT molecular complexity index is 1010. The quantitative estimate of drug-likeness (QED) is 0.630. The highest BCUT2D eigenvalue weighted by Gasteiger charge is 2.30. The van der Waals surface area contributed by atoms with E-state index in [0.717, 1.165) is 56.0 Å². The minimum Gasteiger partial charge on any atom is -0.337 e. The normalized spacial score (nSPS) is 16.8. The average Bonchev–Trinajstić information content (AvgIpc) is 3.00. The number of amides is 1. The first-order valence-electron chi connectivity index (χ1n) is 10.8. The van der Waals surface area contributed by atoms with Gasteiger partial charge in [0.1, 0.15) is 0 Å². The number of aromatic nitrogens is 4. The molecule has 0 spiro atoms. The van der Waals surface area contributed by atoms with Gasteiger partial charge in [0.05, 0.1) is 5.69 Å². The fourth-order valence-electron chi connectivity index (χ4n) is 4.44. The SMILES string of the molecule is O=C(c1nn(-c2ccccc2)c2c1CCCCC2)N1CCN(c2ncccn2)CC1. The third-order valence-corrected chi connectivity index (χ3v) is 6.04. The van der Waals surface area contributed by atoms with Crippen molar-refractivity contribution in [2.24, 2.45) is 0 Å². The third kappa shape index (κ3) is 3.56. The lowest BCUT2D eigenvalue weighted by molar-refractivity contribution is 0.0738. The van der Waals surface area contributed by atoms with Crippen molar-refractivity contribution >= 4 is 11.9 Å². The number of benzene rings is 1. The molecular formula is C23H26N6O. The second-order valence-corrected chi connectivity index (χ2v) is 7.91. The van der Waals surface area contributed by atoms with Crippen LogP contribution in [0.5, 0.6) is 0 Å². The molecule has 1 aliphatic heterocycles. The summed E-state index contributed by atoms with van der Waals surface area (Å²) < 4.78 is 2.00. The standard InChI is InChI=1S/C23H26N6O/c30-22(27-14-16-28(17-15-27)23-24-12-7-13-25-23)21-19-10-5-2-6-11-20(19)29(26-21)18-8-3-1-4-9-18/h1,3-4,7-9,12-13H,2,5-6,10-11,14-17H2. The van der Waals surface area contributed by atoms with Gasteiger partial charge >= 0.3 is 0 Å². The van der Waals surface area contributed by atoms with Gasteiger partial charge in [-0.1, -0.05) is 24.6 Å². The van der Waals surface area contributed by atoms with Crippen LogP contribution in [0.15, 0.2) is 48.8 Å². The van der Waals surface area contributed by atoms with Crippen LogP contribution >= 0.6 is 0 Å². The monoisotopic (exact) mass is 402 g/mol. The van der Waals surface area contributed by atoms with Crippen LogP contribution in [0.4, 0.5) is 5.95 Å². The largest absolute Gasteiger partial charge is 0.337 e. The fraction of sp³-hybridized carbons (Fsp3) is 0.391. The number of anilines is 1. The summed E-state index contributed by atoms with van der Waals surface area (Å²) in [5.41, 5.74) is 4.02. The average molecular weight is 403 g/mol. The molecule has 0 unspecified atom stereocenters. The summed E-state index contributed by atoms with van der Waals surface area (Å²) in [5, 5.41) is 4.84. The summed E-state index contributed by atoms with van der Waals surface area (Å²) in [6, 6.07) is 12.0. The predicted octanol–water partition coefficient (Wildman–Crippen LogP) is 2.89. The number of carbonyl (C=O) groups excluding carboxylic acids is 1. The van der Waals surface area contributed by atoms with E-state index >= 15 is 0 Å². The van der Waals surface area contributed by atoms with Gasteiger partial charge in [-0.05, 0) is 43.9 Å². The van der Waals surface area contributed by atoms with Crippen molar-refractivity contribution in [1.82, 2.24) is 24.6 Å². The Balaban J connectivity index is 1.40. The minimum atomic E-state index is 0.0523. The van der Waals surface area contributed by atoms with Crippen molar-refractivity contribution in [3.8, 4) is 5.69 Å². The van der Waals surface area contributed by atoms with E-state index < -0.39 is 0 Å². The predicted molar refractivity (Wildman–Crippen MR) is 115 cm³/mol. The van der Waals surface area contributed by atoms with Crippen LogP contribution in [-0.2, 0) is 12.8 Å². The molecule has 7 nitrogen and oxygen atoms in total. The molecular weight excluding hydrogens is 376 g/mol. The van der Waals surface area contributed by atoms with Gasteiger partial charge in [-0.25, -0.2) is 14.6 Å². The zero-order valence-electron chi connectivity index (χ0n) is 17.1. The van der Waals surface area contributed by atoms with Gasteiger partial charge in [0.25, 0.3) is 5.91 Å². The first-order chi connectivity index (χ1) is 14.8. The van der Waals surface area contributed by atoms with Gasteiger partial charge in [0.2, 0.25) is 5.95 Å². The number of fused-ring (bicyclic) bond motifs is 1. The van der Waals surface area contributed by atoms with Gasteiger partial charge < -0.3 is 9.80 Å². The van der Waals surface area contributed by atoms with E-state index in [2.05, 4.69) is 27.0 Å². The van der Waals surface area contributed by atoms with Crippen LogP contribution in [0.25, 0.3) is 5.69 Å². The Kier molecular flexibility index (Phi) is 5.17. The fourth-order valence-corrected chi connectivity index (χ4v) is 4.44. The highest BCUT2D eigenvalue weighted by molar-refractivity contribution is 5.94. The Morgan fingerprint density at radius 2 is 1.57 bits per heavy atom. The Labute approximate surface area is 176 Å². The number of rotatable bonds is 3. The molecule has 154 valence electrons.